The Morgan fingerprint density at radius 3 is 2.55 bits per heavy atom. The monoisotopic (exact) mass is 296 g/mol. The van der Waals surface area contributed by atoms with Crippen LogP contribution in [0, 0.1) is 12.8 Å². The Balaban J connectivity index is 1.69. The topological polar surface area (TPSA) is 75.3 Å². The lowest BCUT2D eigenvalue weighted by Crippen LogP contribution is -2.38. The first-order valence-electron chi connectivity index (χ1n) is 6.72. The normalized spacial score (nSPS) is 20.6. The predicted molar refractivity (Wildman–Crippen MR) is 78.2 cm³/mol. The quantitative estimate of drug-likeness (QED) is 0.877. The minimum absolute atomic E-state index is 0.0464. The second-order valence-electron chi connectivity index (χ2n) is 5.32. The highest BCUT2D eigenvalue weighted by molar-refractivity contribution is 7.91. The van der Waals surface area contributed by atoms with Crippen molar-refractivity contribution in [2.75, 3.05) is 18.1 Å². The van der Waals surface area contributed by atoms with Crippen LogP contribution in [0.4, 0.5) is 4.79 Å². The van der Waals surface area contributed by atoms with E-state index in [4.69, 9.17) is 0 Å². The zero-order chi connectivity index (χ0) is 14.6. The fourth-order valence-corrected chi connectivity index (χ4v) is 4.08. The van der Waals surface area contributed by atoms with Gasteiger partial charge < -0.3 is 10.6 Å². The molecule has 0 saturated carbocycles. The maximum absolute atomic E-state index is 11.6. The van der Waals surface area contributed by atoms with Crippen molar-refractivity contribution in [1.29, 1.82) is 0 Å². The third-order valence-electron chi connectivity index (χ3n) is 3.45. The number of nitrogens with one attached hydrogen (secondary N) is 2. The molecule has 1 saturated heterocycles. The predicted octanol–water partition coefficient (Wildman–Crippen LogP) is 1.23. The largest absolute Gasteiger partial charge is 0.338 e. The smallest absolute Gasteiger partial charge is 0.315 e. The third kappa shape index (κ3) is 4.52. The third-order valence-corrected chi connectivity index (χ3v) is 5.29. The highest BCUT2D eigenvalue weighted by Crippen LogP contribution is 2.17. The summed E-state index contributed by atoms with van der Waals surface area (Å²) >= 11 is 0. The molecule has 0 aliphatic carbocycles. The molecule has 0 radical (unpaired) electrons. The van der Waals surface area contributed by atoms with Crippen molar-refractivity contribution < 1.29 is 13.2 Å². The van der Waals surface area contributed by atoms with Gasteiger partial charge in [0, 0.05) is 13.1 Å². The molecule has 0 unspecified atom stereocenters. The van der Waals surface area contributed by atoms with Gasteiger partial charge in [-0.15, -0.1) is 0 Å². The van der Waals surface area contributed by atoms with Gasteiger partial charge in [0.05, 0.1) is 11.5 Å². The molecule has 0 spiro atoms. The van der Waals surface area contributed by atoms with Gasteiger partial charge >= 0.3 is 6.03 Å². The van der Waals surface area contributed by atoms with Crippen LogP contribution < -0.4 is 10.6 Å². The first-order chi connectivity index (χ1) is 9.44. The summed E-state index contributed by atoms with van der Waals surface area (Å²) in [5, 5.41) is 5.49. The molecule has 2 N–H and O–H groups in total. The van der Waals surface area contributed by atoms with Crippen molar-refractivity contribution in [3.8, 4) is 0 Å². The molecule has 1 heterocycles. The molecule has 110 valence electrons. The molecular formula is C14H20N2O3S. The highest BCUT2D eigenvalue weighted by atomic mass is 32.2. The standard InChI is InChI=1S/C14H20N2O3S/c1-11-2-4-12(5-3-11)8-15-14(17)16-9-13-6-7-20(18,19)10-13/h2-5,13H,6-10H2,1H3,(H2,15,16,17)/t13-/m1/s1. The number of urea groups is 1. The molecule has 0 bridgehead atoms. The second kappa shape index (κ2) is 6.26. The summed E-state index contributed by atoms with van der Waals surface area (Å²) in [5.41, 5.74) is 2.22. The maximum atomic E-state index is 11.6. The van der Waals surface area contributed by atoms with E-state index in [9.17, 15) is 13.2 Å². The van der Waals surface area contributed by atoms with E-state index in [1.165, 1.54) is 5.56 Å². The summed E-state index contributed by atoms with van der Waals surface area (Å²) in [7, 11) is -2.87. The molecule has 1 aromatic carbocycles. The van der Waals surface area contributed by atoms with Crippen LogP contribution in [0.25, 0.3) is 0 Å². The Morgan fingerprint density at radius 2 is 1.95 bits per heavy atom. The first kappa shape index (κ1) is 14.8. The van der Waals surface area contributed by atoms with E-state index in [2.05, 4.69) is 10.6 Å². The van der Waals surface area contributed by atoms with Gasteiger partial charge in [0.25, 0.3) is 0 Å². The van der Waals surface area contributed by atoms with Crippen LogP contribution >= 0.6 is 0 Å². The van der Waals surface area contributed by atoms with Crippen LogP contribution in [0.1, 0.15) is 17.5 Å². The van der Waals surface area contributed by atoms with E-state index in [1.807, 2.05) is 31.2 Å². The molecule has 6 heteroatoms. The number of rotatable bonds is 4. The Hall–Kier alpha value is -1.56. The van der Waals surface area contributed by atoms with Crippen molar-refractivity contribution in [3.63, 3.8) is 0 Å². The van der Waals surface area contributed by atoms with Gasteiger partial charge in [-0.2, -0.15) is 0 Å². The number of benzene rings is 1. The summed E-state index contributed by atoms with van der Waals surface area (Å²) in [6.07, 6.45) is 0.639. The van der Waals surface area contributed by atoms with E-state index < -0.39 is 9.84 Å². The number of amides is 2. The zero-order valence-electron chi connectivity index (χ0n) is 11.6. The molecule has 2 rings (SSSR count). The maximum Gasteiger partial charge on any atom is 0.315 e. The van der Waals surface area contributed by atoms with Crippen molar-refractivity contribution in [3.05, 3.63) is 35.4 Å². The van der Waals surface area contributed by atoms with Gasteiger partial charge in [-0.05, 0) is 24.8 Å². The van der Waals surface area contributed by atoms with Gasteiger partial charge in [0.2, 0.25) is 0 Å². The molecule has 5 nitrogen and oxygen atoms in total. The molecule has 1 fully saturated rings. The molecule has 1 aliphatic rings. The molecule has 0 aromatic heterocycles. The Bertz CT molecular complexity index is 567. The van der Waals surface area contributed by atoms with Crippen LogP contribution in [0.2, 0.25) is 0 Å². The Morgan fingerprint density at radius 1 is 1.25 bits per heavy atom. The summed E-state index contributed by atoms with van der Waals surface area (Å²) < 4.78 is 22.6. The minimum Gasteiger partial charge on any atom is -0.338 e. The fraction of sp³-hybridized carbons (Fsp3) is 0.500. The average Bonchev–Trinajstić information content (AvgIpc) is 2.75. The van der Waals surface area contributed by atoms with Crippen LogP contribution in [0.15, 0.2) is 24.3 Å². The number of sulfone groups is 1. The van der Waals surface area contributed by atoms with Gasteiger partial charge in [0.15, 0.2) is 9.84 Å². The van der Waals surface area contributed by atoms with E-state index in [0.717, 1.165) is 5.56 Å². The highest BCUT2D eigenvalue weighted by Gasteiger charge is 2.27. The van der Waals surface area contributed by atoms with Crippen LogP contribution in [-0.4, -0.2) is 32.5 Å². The van der Waals surface area contributed by atoms with Crippen molar-refractivity contribution in [2.45, 2.75) is 19.9 Å². The molecule has 1 aromatic rings. The summed E-state index contributed by atoms with van der Waals surface area (Å²) in [6, 6.07) is 7.68. The van der Waals surface area contributed by atoms with Crippen molar-refractivity contribution in [2.24, 2.45) is 5.92 Å². The second-order valence-corrected chi connectivity index (χ2v) is 7.55. The van der Waals surface area contributed by atoms with E-state index in [0.29, 0.717) is 19.5 Å². The van der Waals surface area contributed by atoms with Gasteiger partial charge in [-0.1, -0.05) is 29.8 Å². The number of carbonyl (C=O) groups is 1. The van der Waals surface area contributed by atoms with Gasteiger partial charge in [-0.3, -0.25) is 0 Å². The summed E-state index contributed by atoms with van der Waals surface area (Å²) in [4.78, 5) is 11.6. The number of hydrogen-bond donors (Lipinski definition) is 2. The van der Waals surface area contributed by atoms with Gasteiger partial charge in [-0.25, -0.2) is 13.2 Å². The number of aryl methyl sites for hydroxylation is 1. The van der Waals surface area contributed by atoms with Crippen molar-refractivity contribution >= 4 is 15.9 Å². The number of hydrogen-bond acceptors (Lipinski definition) is 3. The van der Waals surface area contributed by atoms with E-state index in [-0.39, 0.29) is 23.5 Å². The Labute approximate surface area is 119 Å². The molecule has 1 atom stereocenters. The average molecular weight is 296 g/mol. The number of carbonyl (C=O) groups excluding carboxylic acids is 1. The molecule has 2 amide bonds. The van der Waals surface area contributed by atoms with Crippen LogP contribution in [0.3, 0.4) is 0 Å². The van der Waals surface area contributed by atoms with Crippen LogP contribution in [0.5, 0.6) is 0 Å². The van der Waals surface area contributed by atoms with Gasteiger partial charge in [0.1, 0.15) is 0 Å². The Kier molecular flexibility index (Phi) is 4.65. The lowest BCUT2D eigenvalue weighted by molar-refractivity contribution is 0.239. The first-order valence-corrected chi connectivity index (χ1v) is 8.54. The van der Waals surface area contributed by atoms with Crippen molar-refractivity contribution in [1.82, 2.24) is 10.6 Å². The summed E-state index contributed by atoms with van der Waals surface area (Å²) in [6.45, 7) is 2.90. The summed E-state index contributed by atoms with van der Waals surface area (Å²) in [5.74, 6) is 0.473. The minimum atomic E-state index is -2.87. The zero-order valence-corrected chi connectivity index (χ0v) is 12.4. The lowest BCUT2D eigenvalue weighted by Gasteiger charge is -2.11. The SMILES string of the molecule is Cc1ccc(CNC(=O)NC[C@H]2CCS(=O)(=O)C2)cc1. The molecule has 1 aliphatic heterocycles. The van der Waals surface area contributed by atoms with Crippen LogP contribution in [-0.2, 0) is 16.4 Å². The molecular weight excluding hydrogens is 276 g/mol. The van der Waals surface area contributed by atoms with E-state index in [1.54, 1.807) is 0 Å². The fourth-order valence-electron chi connectivity index (χ4n) is 2.22. The lowest BCUT2D eigenvalue weighted by atomic mass is 10.1. The molecule has 20 heavy (non-hydrogen) atoms. The van der Waals surface area contributed by atoms with E-state index >= 15 is 0 Å².